The maximum Gasteiger partial charge on any atom is 0.292 e. The summed E-state index contributed by atoms with van der Waals surface area (Å²) in [6.07, 6.45) is 5.76. The lowest BCUT2D eigenvalue weighted by Gasteiger charge is -1.94. The Hall–Kier alpha value is -2.69. The van der Waals surface area contributed by atoms with E-state index in [1.807, 2.05) is 29.0 Å². The molecule has 0 radical (unpaired) electrons. The molecule has 0 fully saturated rings. The summed E-state index contributed by atoms with van der Waals surface area (Å²) in [5, 5.41) is 4.38. The van der Waals surface area contributed by atoms with Gasteiger partial charge >= 0.3 is 0 Å². The highest BCUT2D eigenvalue weighted by Crippen LogP contribution is 2.31. The molecule has 1 aliphatic rings. The molecule has 0 unspecified atom stereocenters. The van der Waals surface area contributed by atoms with Crippen molar-refractivity contribution in [2.45, 2.75) is 6.54 Å². The average molecular weight is 262 g/mol. The second-order valence-corrected chi connectivity index (χ2v) is 5.18. The summed E-state index contributed by atoms with van der Waals surface area (Å²) in [4.78, 5) is 4.50. The zero-order valence-corrected chi connectivity index (χ0v) is 11.0. The number of pyridine rings is 1. The smallest absolute Gasteiger partial charge is 0.256 e. The molecule has 1 aliphatic heterocycles. The predicted octanol–water partition coefficient (Wildman–Crippen LogP) is 1.54. The third kappa shape index (κ3) is 1.02. The van der Waals surface area contributed by atoms with Gasteiger partial charge in [0.2, 0.25) is 5.52 Å². The molecule has 0 saturated heterocycles. The number of rotatable bonds is 0. The van der Waals surface area contributed by atoms with Crippen LogP contribution in [0.5, 0.6) is 0 Å². The van der Waals surface area contributed by atoms with Gasteiger partial charge in [0.15, 0.2) is 5.52 Å². The number of aryl methyl sites for hydroxylation is 1. The lowest BCUT2D eigenvalue weighted by molar-refractivity contribution is -0.645. The summed E-state index contributed by atoms with van der Waals surface area (Å²) < 4.78 is 6.51. The second kappa shape index (κ2) is 3.25. The molecular formula is C15H12N5+. The molecule has 5 heterocycles. The van der Waals surface area contributed by atoms with Gasteiger partial charge < -0.3 is 0 Å². The minimum atomic E-state index is 0.831. The number of hydrogen-bond acceptors (Lipinski definition) is 2. The van der Waals surface area contributed by atoms with Crippen LogP contribution in [0.2, 0.25) is 0 Å². The van der Waals surface area contributed by atoms with Crippen LogP contribution in [0.15, 0.2) is 42.9 Å². The maximum absolute atomic E-state index is 4.50. The molecular weight excluding hydrogens is 250 g/mol. The molecule has 0 bridgehead atoms. The summed E-state index contributed by atoms with van der Waals surface area (Å²) in [5.41, 5.74) is 5.94. The standard InChI is InChI=1S/C15H12N5/c1-18-13-9-20-12(5-3-7-17-20)14(13)19-8-11-10(15(18)19)4-2-6-16-11/h2-7,9H,8H2,1H3/q+1. The Bertz CT molecular complexity index is 992. The largest absolute Gasteiger partial charge is 0.292 e. The van der Waals surface area contributed by atoms with Gasteiger partial charge in [0, 0.05) is 12.4 Å². The van der Waals surface area contributed by atoms with E-state index in [4.69, 9.17) is 0 Å². The highest BCUT2D eigenvalue weighted by molar-refractivity contribution is 5.91. The van der Waals surface area contributed by atoms with E-state index in [1.165, 1.54) is 22.4 Å². The number of aromatic nitrogens is 5. The van der Waals surface area contributed by atoms with Crippen molar-refractivity contribution >= 4 is 16.6 Å². The number of imidazole rings is 1. The van der Waals surface area contributed by atoms with E-state index in [-0.39, 0.29) is 0 Å². The summed E-state index contributed by atoms with van der Waals surface area (Å²) in [5.74, 6) is 1.23. The quantitative estimate of drug-likeness (QED) is 0.397. The van der Waals surface area contributed by atoms with Crippen molar-refractivity contribution in [2.24, 2.45) is 7.05 Å². The van der Waals surface area contributed by atoms with Gasteiger partial charge in [-0.15, -0.1) is 0 Å². The van der Waals surface area contributed by atoms with Crippen LogP contribution in [0.1, 0.15) is 5.69 Å². The van der Waals surface area contributed by atoms with Gasteiger partial charge in [-0.25, -0.2) is 13.6 Å². The van der Waals surface area contributed by atoms with Crippen LogP contribution >= 0.6 is 0 Å². The Kier molecular flexibility index (Phi) is 1.65. The minimum absolute atomic E-state index is 0.831. The van der Waals surface area contributed by atoms with E-state index < -0.39 is 0 Å². The second-order valence-electron chi connectivity index (χ2n) is 5.18. The molecule has 0 N–H and O–H groups in total. The van der Waals surface area contributed by atoms with Gasteiger partial charge in [-0.05, 0) is 24.3 Å². The zero-order valence-electron chi connectivity index (χ0n) is 11.0. The first-order valence-corrected chi connectivity index (χ1v) is 6.63. The predicted molar refractivity (Wildman–Crippen MR) is 74.2 cm³/mol. The molecule has 20 heavy (non-hydrogen) atoms. The molecule has 4 aromatic rings. The van der Waals surface area contributed by atoms with Crippen molar-refractivity contribution in [3.8, 4) is 11.4 Å². The van der Waals surface area contributed by atoms with Crippen LogP contribution in [-0.2, 0) is 13.6 Å². The Labute approximate surface area is 114 Å². The highest BCUT2D eigenvalue weighted by Gasteiger charge is 2.35. The lowest BCUT2D eigenvalue weighted by atomic mass is 10.2. The third-order valence-electron chi connectivity index (χ3n) is 4.15. The summed E-state index contributed by atoms with van der Waals surface area (Å²) in [6, 6.07) is 8.24. The van der Waals surface area contributed by atoms with Crippen molar-refractivity contribution in [2.75, 3.05) is 0 Å². The van der Waals surface area contributed by atoms with Gasteiger partial charge in [-0.2, -0.15) is 5.10 Å². The Balaban J connectivity index is 1.99. The Morgan fingerprint density at radius 3 is 3.00 bits per heavy atom. The van der Waals surface area contributed by atoms with Crippen molar-refractivity contribution in [1.29, 1.82) is 0 Å². The first-order chi connectivity index (χ1) is 9.84. The fraction of sp³-hybridized carbons (Fsp3) is 0.133. The summed E-state index contributed by atoms with van der Waals surface area (Å²) in [6.45, 7) is 0.831. The van der Waals surface area contributed by atoms with E-state index in [9.17, 15) is 0 Å². The van der Waals surface area contributed by atoms with E-state index in [2.05, 4.69) is 44.6 Å². The molecule has 0 saturated carbocycles. The van der Waals surface area contributed by atoms with Crippen LogP contribution in [0.4, 0.5) is 0 Å². The van der Waals surface area contributed by atoms with Gasteiger partial charge in [0.25, 0.3) is 5.82 Å². The Morgan fingerprint density at radius 2 is 2.05 bits per heavy atom. The van der Waals surface area contributed by atoms with Crippen LogP contribution in [0.25, 0.3) is 27.9 Å². The monoisotopic (exact) mass is 262 g/mol. The summed E-state index contributed by atoms with van der Waals surface area (Å²) in [7, 11) is 2.11. The molecule has 0 aliphatic carbocycles. The fourth-order valence-electron chi connectivity index (χ4n) is 3.30. The lowest BCUT2D eigenvalue weighted by Crippen LogP contribution is -2.31. The van der Waals surface area contributed by atoms with Crippen molar-refractivity contribution in [3.05, 3.63) is 48.5 Å². The molecule has 96 valence electrons. The Morgan fingerprint density at radius 1 is 1.15 bits per heavy atom. The molecule has 0 spiro atoms. The molecule has 4 aromatic heterocycles. The topological polar surface area (TPSA) is 39.0 Å². The van der Waals surface area contributed by atoms with Crippen molar-refractivity contribution < 1.29 is 4.57 Å². The van der Waals surface area contributed by atoms with E-state index >= 15 is 0 Å². The van der Waals surface area contributed by atoms with Gasteiger partial charge in [-0.3, -0.25) is 4.98 Å². The van der Waals surface area contributed by atoms with Crippen LogP contribution in [0.3, 0.4) is 0 Å². The highest BCUT2D eigenvalue weighted by atomic mass is 15.3. The first-order valence-electron chi connectivity index (χ1n) is 6.63. The number of fused-ring (bicyclic) bond motifs is 7. The van der Waals surface area contributed by atoms with E-state index in [0.29, 0.717) is 0 Å². The van der Waals surface area contributed by atoms with Crippen LogP contribution in [-0.4, -0.2) is 19.2 Å². The van der Waals surface area contributed by atoms with E-state index in [1.54, 1.807) is 0 Å². The van der Waals surface area contributed by atoms with Crippen LogP contribution < -0.4 is 4.57 Å². The van der Waals surface area contributed by atoms with Gasteiger partial charge in [0.1, 0.15) is 12.1 Å². The maximum atomic E-state index is 4.50. The van der Waals surface area contributed by atoms with Gasteiger partial charge in [0.05, 0.1) is 24.5 Å². The minimum Gasteiger partial charge on any atom is -0.256 e. The molecule has 0 atom stereocenters. The zero-order chi connectivity index (χ0) is 13.3. The number of nitrogens with zero attached hydrogens (tertiary/aromatic N) is 5. The first kappa shape index (κ1) is 10.1. The van der Waals surface area contributed by atoms with Crippen LogP contribution in [0, 0.1) is 0 Å². The third-order valence-corrected chi connectivity index (χ3v) is 4.15. The summed E-state index contributed by atoms with van der Waals surface area (Å²) >= 11 is 0. The van der Waals surface area contributed by atoms with E-state index in [0.717, 1.165) is 17.8 Å². The molecule has 0 amide bonds. The fourth-order valence-corrected chi connectivity index (χ4v) is 3.30. The normalized spacial score (nSPS) is 13.1. The molecule has 5 heteroatoms. The average Bonchev–Trinajstić information content (AvgIpc) is 3.10. The van der Waals surface area contributed by atoms with Gasteiger partial charge in [-0.1, -0.05) is 0 Å². The SMILES string of the molecule is Cn1c2[n+](c3c1cn1ncccc31)Cc1ncccc1-2. The van der Waals surface area contributed by atoms with Crippen molar-refractivity contribution in [1.82, 2.24) is 19.2 Å². The molecule has 5 nitrogen and oxygen atoms in total. The molecule has 5 rings (SSSR count). The number of hydrogen-bond donors (Lipinski definition) is 0. The van der Waals surface area contributed by atoms with Crippen molar-refractivity contribution in [3.63, 3.8) is 0 Å². The molecule has 0 aromatic carbocycles.